The lowest BCUT2D eigenvalue weighted by molar-refractivity contribution is 0.0859. The van der Waals surface area contributed by atoms with Crippen LogP contribution in [0.3, 0.4) is 0 Å². The van der Waals surface area contributed by atoms with Gasteiger partial charge in [0.25, 0.3) is 5.91 Å². The number of benzene rings is 2. The molecule has 160 valence electrons. The quantitative estimate of drug-likeness (QED) is 0.519. The number of aromatic nitrogens is 2. The van der Waals surface area contributed by atoms with Gasteiger partial charge >= 0.3 is 0 Å². The largest absolute Gasteiger partial charge is 0.393 e. The number of carbonyl (C=O) groups excluding carboxylic acids is 1. The Morgan fingerprint density at radius 3 is 2.65 bits per heavy atom. The van der Waals surface area contributed by atoms with E-state index in [4.69, 9.17) is 0 Å². The summed E-state index contributed by atoms with van der Waals surface area (Å²) in [5, 5.41) is 27.3. The Labute approximate surface area is 180 Å². The van der Waals surface area contributed by atoms with Crippen LogP contribution in [-0.2, 0) is 6.42 Å². The van der Waals surface area contributed by atoms with Gasteiger partial charge in [0.1, 0.15) is 0 Å². The third-order valence-corrected chi connectivity index (χ3v) is 6.38. The molecular formula is C24H26N4O3. The molecule has 7 heteroatoms. The summed E-state index contributed by atoms with van der Waals surface area (Å²) in [5.41, 5.74) is 3.05. The van der Waals surface area contributed by atoms with Gasteiger partial charge in [0.15, 0.2) is 0 Å². The fourth-order valence-corrected chi connectivity index (χ4v) is 4.68. The van der Waals surface area contributed by atoms with E-state index in [1.165, 1.54) is 0 Å². The van der Waals surface area contributed by atoms with Gasteiger partial charge in [-0.05, 0) is 42.9 Å². The van der Waals surface area contributed by atoms with Gasteiger partial charge in [0.2, 0.25) is 5.95 Å². The molecule has 0 unspecified atom stereocenters. The molecular weight excluding hydrogens is 392 g/mol. The average molecular weight is 418 g/mol. The highest BCUT2D eigenvalue weighted by Crippen LogP contribution is 2.32. The summed E-state index contributed by atoms with van der Waals surface area (Å²) in [7, 11) is 0. The van der Waals surface area contributed by atoms with Crippen LogP contribution in [0.1, 0.15) is 53.2 Å². The second-order valence-electron chi connectivity index (χ2n) is 8.51. The molecule has 1 saturated carbocycles. The van der Waals surface area contributed by atoms with Crippen LogP contribution in [0.15, 0.2) is 48.7 Å². The minimum atomic E-state index is -0.648. The van der Waals surface area contributed by atoms with Crippen LogP contribution in [0, 0.1) is 0 Å². The molecule has 4 N–H and O–H groups in total. The molecule has 1 heterocycles. The molecule has 3 aromatic rings. The van der Waals surface area contributed by atoms with Gasteiger partial charge in [-0.2, -0.15) is 0 Å². The zero-order valence-corrected chi connectivity index (χ0v) is 17.2. The fraction of sp³-hybridized carbons (Fsp3) is 0.375. The maximum absolute atomic E-state index is 13.2. The summed E-state index contributed by atoms with van der Waals surface area (Å²) in [6, 6.07) is 13.0. The van der Waals surface area contributed by atoms with E-state index in [1.807, 2.05) is 36.4 Å². The molecule has 0 spiro atoms. The van der Waals surface area contributed by atoms with E-state index >= 15 is 0 Å². The summed E-state index contributed by atoms with van der Waals surface area (Å²) >= 11 is 0. The number of anilines is 1. The highest BCUT2D eigenvalue weighted by Gasteiger charge is 2.32. The van der Waals surface area contributed by atoms with Crippen molar-refractivity contribution in [2.75, 3.05) is 5.32 Å². The molecule has 2 aliphatic carbocycles. The van der Waals surface area contributed by atoms with E-state index in [2.05, 4.69) is 20.6 Å². The SMILES string of the molecule is O=C(N[C@H]1c2ccccc2C[C@H]1O)c1cccc2cnc(N[C@H]3CC[C@H](O)CC3)nc12. The van der Waals surface area contributed by atoms with Crippen LogP contribution < -0.4 is 10.6 Å². The Morgan fingerprint density at radius 2 is 1.81 bits per heavy atom. The standard InChI is InChI=1S/C24H26N4O3/c29-17-10-8-16(9-11-17)26-24-25-13-15-5-3-7-19(21(15)28-24)23(31)27-22-18-6-2-1-4-14(18)12-20(22)30/h1-7,13,16-17,20,22,29-30H,8-12H2,(H,27,31)(H,25,26,28)/t16-,17-,20-,22+/m1/s1. The van der Waals surface area contributed by atoms with Crippen LogP contribution in [0.25, 0.3) is 10.9 Å². The van der Waals surface area contributed by atoms with Crippen molar-refractivity contribution in [2.24, 2.45) is 0 Å². The van der Waals surface area contributed by atoms with Crippen molar-refractivity contribution in [3.63, 3.8) is 0 Å². The van der Waals surface area contributed by atoms with Crippen LogP contribution in [-0.4, -0.2) is 44.3 Å². The molecule has 1 amide bonds. The normalized spacial score (nSPS) is 25.2. The number of nitrogens with zero attached hydrogens (tertiary/aromatic N) is 2. The first-order valence-electron chi connectivity index (χ1n) is 10.9. The van der Waals surface area contributed by atoms with Crippen molar-refractivity contribution in [3.8, 4) is 0 Å². The molecule has 0 saturated heterocycles. The Hall–Kier alpha value is -3.03. The fourth-order valence-electron chi connectivity index (χ4n) is 4.68. The summed E-state index contributed by atoms with van der Waals surface area (Å²) in [5.74, 6) is 0.220. The number of amides is 1. The molecule has 1 aromatic heterocycles. The lowest BCUT2D eigenvalue weighted by Crippen LogP contribution is -2.34. The topological polar surface area (TPSA) is 107 Å². The molecule has 31 heavy (non-hydrogen) atoms. The zero-order chi connectivity index (χ0) is 21.4. The van der Waals surface area contributed by atoms with Gasteiger partial charge in [0, 0.05) is 24.0 Å². The second-order valence-corrected chi connectivity index (χ2v) is 8.51. The number of aliphatic hydroxyl groups excluding tert-OH is 2. The van der Waals surface area contributed by atoms with E-state index in [0.717, 1.165) is 42.2 Å². The number of aliphatic hydroxyl groups is 2. The van der Waals surface area contributed by atoms with Gasteiger partial charge in [0.05, 0.1) is 29.3 Å². The van der Waals surface area contributed by atoms with E-state index in [-0.39, 0.29) is 18.1 Å². The lowest BCUT2D eigenvalue weighted by Gasteiger charge is -2.26. The number of hydrogen-bond acceptors (Lipinski definition) is 6. The van der Waals surface area contributed by atoms with Crippen molar-refractivity contribution in [2.45, 2.75) is 56.4 Å². The summed E-state index contributed by atoms with van der Waals surface area (Å²) in [4.78, 5) is 22.2. The van der Waals surface area contributed by atoms with Crippen LogP contribution in [0.5, 0.6) is 0 Å². The third kappa shape index (κ3) is 3.98. The summed E-state index contributed by atoms with van der Waals surface area (Å²) in [6.45, 7) is 0. The smallest absolute Gasteiger partial charge is 0.254 e. The molecule has 0 bridgehead atoms. The number of rotatable bonds is 4. The summed E-state index contributed by atoms with van der Waals surface area (Å²) in [6.07, 6.45) is 4.65. The molecule has 2 atom stereocenters. The van der Waals surface area contributed by atoms with Crippen LogP contribution >= 0.6 is 0 Å². The van der Waals surface area contributed by atoms with Gasteiger partial charge in [-0.25, -0.2) is 9.97 Å². The number of fused-ring (bicyclic) bond motifs is 2. The first-order valence-corrected chi connectivity index (χ1v) is 10.9. The number of carbonyl (C=O) groups is 1. The highest BCUT2D eigenvalue weighted by molar-refractivity contribution is 6.05. The number of hydrogen-bond donors (Lipinski definition) is 4. The minimum absolute atomic E-state index is 0.215. The summed E-state index contributed by atoms with van der Waals surface area (Å²) < 4.78 is 0. The van der Waals surface area contributed by atoms with Crippen molar-refractivity contribution in [3.05, 3.63) is 65.4 Å². The number of para-hydroxylation sites is 1. The average Bonchev–Trinajstić information content (AvgIpc) is 3.10. The molecule has 1 fully saturated rings. The predicted octanol–water partition coefficient (Wildman–Crippen LogP) is 2.73. The van der Waals surface area contributed by atoms with E-state index in [1.54, 1.807) is 12.3 Å². The molecule has 7 nitrogen and oxygen atoms in total. The predicted molar refractivity (Wildman–Crippen MR) is 118 cm³/mol. The lowest BCUT2D eigenvalue weighted by atomic mass is 9.93. The van der Waals surface area contributed by atoms with Gasteiger partial charge in [-0.3, -0.25) is 4.79 Å². The molecule has 2 aromatic carbocycles. The third-order valence-electron chi connectivity index (χ3n) is 6.38. The van der Waals surface area contributed by atoms with Crippen LogP contribution in [0.2, 0.25) is 0 Å². The molecule has 0 radical (unpaired) electrons. The zero-order valence-electron chi connectivity index (χ0n) is 17.2. The first-order chi connectivity index (χ1) is 15.1. The van der Waals surface area contributed by atoms with Crippen molar-refractivity contribution in [1.29, 1.82) is 0 Å². The van der Waals surface area contributed by atoms with E-state index in [9.17, 15) is 15.0 Å². The Bertz CT molecular complexity index is 1110. The van der Waals surface area contributed by atoms with Crippen molar-refractivity contribution >= 4 is 22.8 Å². The monoisotopic (exact) mass is 418 g/mol. The first kappa shape index (κ1) is 19.9. The Kier molecular flexibility index (Phi) is 5.29. The second kappa shape index (κ2) is 8.24. The maximum Gasteiger partial charge on any atom is 0.254 e. The van der Waals surface area contributed by atoms with Gasteiger partial charge < -0.3 is 20.8 Å². The Balaban J connectivity index is 1.39. The maximum atomic E-state index is 13.2. The van der Waals surface area contributed by atoms with Crippen molar-refractivity contribution in [1.82, 2.24) is 15.3 Å². The molecule has 2 aliphatic rings. The van der Waals surface area contributed by atoms with Gasteiger partial charge in [-0.1, -0.05) is 36.4 Å². The molecule has 0 aliphatic heterocycles. The Morgan fingerprint density at radius 1 is 1.00 bits per heavy atom. The number of nitrogens with one attached hydrogen (secondary N) is 2. The van der Waals surface area contributed by atoms with Gasteiger partial charge in [-0.15, -0.1) is 0 Å². The van der Waals surface area contributed by atoms with E-state index in [0.29, 0.717) is 23.4 Å². The van der Waals surface area contributed by atoms with Crippen LogP contribution in [0.4, 0.5) is 5.95 Å². The van der Waals surface area contributed by atoms with E-state index < -0.39 is 12.1 Å². The minimum Gasteiger partial charge on any atom is -0.393 e. The highest BCUT2D eigenvalue weighted by atomic mass is 16.3. The molecule has 5 rings (SSSR count). The van der Waals surface area contributed by atoms with Crippen molar-refractivity contribution < 1.29 is 15.0 Å².